The van der Waals surface area contributed by atoms with E-state index in [0.717, 1.165) is 22.5 Å². The summed E-state index contributed by atoms with van der Waals surface area (Å²) in [6, 6.07) is 13.6. The molecule has 1 unspecified atom stereocenters. The van der Waals surface area contributed by atoms with Gasteiger partial charge in [0.2, 0.25) is 5.91 Å². The maximum absolute atomic E-state index is 13.6. The topological polar surface area (TPSA) is 81.1 Å². The fraction of sp³-hybridized carbons (Fsp3) is 0.360. The predicted octanol–water partition coefficient (Wildman–Crippen LogP) is 4.13. The van der Waals surface area contributed by atoms with E-state index in [9.17, 15) is 17.6 Å². The standard InChI is InChI=1S/C25H25ClFN3O3S/c1-25(12-13-34(32,33)15-25)28-24(31)16-6-11-20-22(14-16)30(18-9-7-17(27)8-10-18)29-23(20)19-4-2-3-5-21(19)26/h2-5,7-10,16H,6,11-15H2,1H3,(H,28,31)/t16?,25-/m0/s1. The molecule has 178 valence electrons. The minimum absolute atomic E-state index is 0.0339. The van der Waals surface area contributed by atoms with Crippen LogP contribution in [-0.2, 0) is 27.5 Å². The third-order valence-electron chi connectivity index (χ3n) is 6.77. The van der Waals surface area contributed by atoms with Gasteiger partial charge in [0.05, 0.1) is 33.4 Å². The van der Waals surface area contributed by atoms with Crippen molar-refractivity contribution in [1.29, 1.82) is 0 Å². The average molecular weight is 502 g/mol. The molecule has 2 aliphatic rings. The molecule has 6 nitrogen and oxygen atoms in total. The van der Waals surface area contributed by atoms with Gasteiger partial charge in [0, 0.05) is 29.2 Å². The Bertz CT molecular complexity index is 1370. The molecule has 2 atom stereocenters. The van der Waals surface area contributed by atoms with Crippen molar-refractivity contribution in [2.24, 2.45) is 5.92 Å². The molecule has 1 fully saturated rings. The summed E-state index contributed by atoms with van der Waals surface area (Å²) in [7, 11) is -3.13. The molecular formula is C25H25ClFN3O3S. The first-order valence-corrected chi connectivity index (χ1v) is 13.5. The maximum atomic E-state index is 13.6. The Hall–Kier alpha value is -2.71. The van der Waals surface area contributed by atoms with E-state index in [4.69, 9.17) is 16.7 Å². The quantitative estimate of drug-likeness (QED) is 0.583. The van der Waals surface area contributed by atoms with E-state index in [2.05, 4.69) is 5.32 Å². The largest absolute Gasteiger partial charge is 0.350 e. The lowest BCUT2D eigenvalue weighted by molar-refractivity contribution is -0.126. The average Bonchev–Trinajstić information content (AvgIpc) is 3.30. The molecule has 9 heteroatoms. The van der Waals surface area contributed by atoms with Crippen LogP contribution in [0, 0.1) is 11.7 Å². The van der Waals surface area contributed by atoms with Crippen molar-refractivity contribution in [3.05, 3.63) is 70.6 Å². The summed E-state index contributed by atoms with van der Waals surface area (Å²) >= 11 is 6.48. The zero-order valence-electron chi connectivity index (χ0n) is 18.7. The number of carbonyl (C=O) groups is 1. The minimum atomic E-state index is -3.13. The summed E-state index contributed by atoms with van der Waals surface area (Å²) in [6.45, 7) is 1.79. The second kappa shape index (κ2) is 8.50. The van der Waals surface area contributed by atoms with Gasteiger partial charge < -0.3 is 5.32 Å². The van der Waals surface area contributed by atoms with Crippen LogP contribution in [-0.4, -0.2) is 41.2 Å². The van der Waals surface area contributed by atoms with Crippen LogP contribution < -0.4 is 5.32 Å². The van der Waals surface area contributed by atoms with Crippen molar-refractivity contribution in [3.63, 3.8) is 0 Å². The number of halogens is 2. The van der Waals surface area contributed by atoms with Crippen LogP contribution in [0.1, 0.15) is 31.0 Å². The third kappa shape index (κ3) is 4.36. The number of hydrogen-bond acceptors (Lipinski definition) is 4. The van der Waals surface area contributed by atoms with E-state index >= 15 is 0 Å². The molecule has 1 saturated heterocycles. The zero-order valence-corrected chi connectivity index (χ0v) is 20.3. The van der Waals surface area contributed by atoms with Crippen LogP contribution in [0.25, 0.3) is 16.9 Å². The molecular weight excluding hydrogens is 477 g/mol. The highest BCUT2D eigenvalue weighted by Crippen LogP contribution is 2.38. The Morgan fingerprint density at radius 3 is 2.62 bits per heavy atom. The molecule has 0 radical (unpaired) electrons. The van der Waals surface area contributed by atoms with Crippen LogP contribution in [0.15, 0.2) is 48.5 Å². The van der Waals surface area contributed by atoms with Crippen molar-refractivity contribution < 1.29 is 17.6 Å². The fourth-order valence-electron chi connectivity index (χ4n) is 5.01. The number of fused-ring (bicyclic) bond motifs is 1. The normalized spacial score (nSPS) is 23.4. The van der Waals surface area contributed by atoms with Crippen LogP contribution in [0.3, 0.4) is 0 Å². The number of carbonyl (C=O) groups excluding carboxylic acids is 1. The molecule has 0 spiro atoms. The molecule has 1 aliphatic heterocycles. The van der Waals surface area contributed by atoms with Gasteiger partial charge in [-0.15, -0.1) is 0 Å². The molecule has 2 heterocycles. The second-order valence-electron chi connectivity index (χ2n) is 9.47. The second-order valence-corrected chi connectivity index (χ2v) is 12.1. The molecule has 1 aliphatic carbocycles. The molecule has 1 amide bonds. The third-order valence-corrected chi connectivity index (χ3v) is 9.00. The molecule has 0 saturated carbocycles. The first kappa shape index (κ1) is 23.1. The Labute approximate surface area is 203 Å². The first-order valence-electron chi connectivity index (χ1n) is 11.3. The monoisotopic (exact) mass is 501 g/mol. The summed E-state index contributed by atoms with van der Waals surface area (Å²) in [6.07, 6.45) is 2.11. The van der Waals surface area contributed by atoms with E-state index < -0.39 is 15.4 Å². The number of amides is 1. The lowest BCUT2D eigenvalue weighted by atomic mass is 9.84. The zero-order chi connectivity index (χ0) is 24.1. The van der Waals surface area contributed by atoms with Gasteiger partial charge in [0.15, 0.2) is 9.84 Å². The Morgan fingerprint density at radius 1 is 1.21 bits per heavy atom. The molecule has 0 bridgehead atoms. The number of benzene rings is 2. The van der Waals surface area contributed by atoms with E-state index in [1.54, 1.807) is 23.7 Å². The summed E-state index contributed by atoms with van der Waals surface area (Å²) in [5.74, 6) is -0.738. The van der Waals surface area contributed by atoms with Crippen LogP contribution >= 0.6 is 11.6 Å². The summed E-state index contributed by atoms with van der Waals surface area (Å²) in [5.41, 5.74) is 3.44. The van der Waals surface area contributed by atoms with Gasteiger partial charge in [-0.05, 0) is 56.5 Å². The van der Waals surface area contributed by atoms with Crippen LogP contribution in [0.5, 0.6) is 0 Å². The molecule has 3 aromatic rings. The van der Waals surface area contributed by atoms with Crippen LogP contribution in [0.4, 0.5) is 4.39 Å². The number of aromatic nitrogens is 2. The Balaban J connectivity index is 1.50. The van der Waals surface area contributed by atoms with Crippen molar-refractivity contribution in [3.8, 4) is 16.9 Å². The molecule has 1 aromatic heterocycles. The van der Waals surface area contributed by atoms with E-state index in [-0.39, 0.29) is 29.1 Å². The van der Waals surface area contributed by atoms with Gasteiger partial charge in [-0.1, -0.05) is 29.8 Å². The van der Waals surface area contributed by atoms with Gasteiger partial charge in [-0.3, -0.25) is 4.79 Å². The SMILES string of the molecule is C[C@]1(NC(=O)C2CCc3c(-c4ccccc4Cl)nn(-c4ccc(F)cc4)c3C2)CCS(=O)(=O)C1. The fourth-order valence-corrected chi connectivity index (χ4v) is 7.33. The smallest absolute Gasteiger partial charge is 0.223 e. The number of sulfone groups is 1. The number of rotatable bonds is 4. The molecule has 1 N–H and O–H groups in total. The van der Waals surface area contributed by atoms with Gasteiger partial charge in [-0.2, -0.15) is 5.10 Å². The highest BCUT2D eigenvalue weighted by Gasteiger charge is 2.41. The Morgan fingerprint density at radius 2 is 1.94 bits per heavy atom. The first-order chi connectivity index (χ1) is 16.1. The van der Waals surface area contributed by atoms with Crippen molar-refractivity contribution in [2.45, 2.75) is 38.1 Å². The Kier molecular flexibility index (Phi) is 5.76. The van der Waals surface area contributed by atoms with E-state index in [1.807, 2.05) is 24.3 Å². The molecule has 5 rings (SSSR count). The van der Waals surface area contributed by atoms with E-state index in [0.29, 0.717) is 36.4 Å². The lowest BCUT2D eigenvalue weighted by Gasteiger charge is -2.29. The van der Waals surface area contributed by atoms with Crippen molar-refractivity contribution in [1.82, 2.24) is 15.1 Å². The van der Waals surface area contributed by atoms with Gasteiger partial charge in [0.1, 0.15) is 5.82 Å². The van der Waals surface area contributed by atoms with Gasteiger partial charge >= 0.3 is 0 Å². The lowest BCUT2D eigenvalue weighted by Crippen LogP contribution is -2.50. The predicted molar refractivity (Wildman–Crippen MR) is 129 cm³/mol. The number of nitrogens with zero attached hydrogens (tertiary/aromatic N) is 2. The molecule has 2 aromatic carbocycles. The summed E-state index contributed by atoms with van der Waals surface area (Å²) < 4.78 is 39.3. The summed E-state index contributed by atoms with van der Waals surface area (Å²) in [5, 5.41) is 8.45. The van der Waals surface area contributed by atoms with Crippen molar-refractivity contribution in [2.75, 3.05) is 11.5 Å². The van der Waals surface area contributed by atoms with Gasteiger partial charge in [0.25, 0.3) is 0 Å². The summed E-state index contributed by atoms with van der Waals surface area (Å²) in [4.78, 5) is 13.2. The highest BCUT2D eigenvalue weighted by molar-refractivity contribution is 7.91. The highest BCUT2D eigenvalue weighted by atomic mass is 35.5. The van der Waals surface area contributed by atoms with E-state index in [1.165, 1.54) is 12.1 Å². The van der Waals surface area contributed by atoms with Crippen LogP contribution in [0.2, 0.25) is 5.02 Å². The molecule has 34 heavy (non-hydrogen) atoms. The van der Waals surface area contributed by atoms with Crippen molar-refractivity contribution >= 4 is 27.3 Å². The minimum Gasteiger partial charge on any atom is -0.350 e. The number of hydrogen-bond donors (Lipinski definition) is 1. The van der Waals surface area contributed by atoms with Gasteiger partial charge in [-0.25, -0.2) is 17.5 Å². The maximum Gasteiger partial charge on any atom is 0.223 e. The number of nitrogens with one attached hydrogen (secondary N) is 1.